The smallest absolute Gasteiger partial charge is 0.271 e. The molecule has 3 aromatic rings. The quantitative estimate of drug-likeness (QED) is 0.637. The lowest BCUT2D eigenvalue weighted by atomic mass is 10.0. The molecule has 2 heterocycles. The molecule has 4 rings (SSSR count). The van der Waals surface area contributed by atoms with Gasteiger partial charge in [-0.2, -0.15) is 4.98 Å². The number of nitrogens with zero attached hydrogens (tertiary/aromatic N) is 3. The third kappa shape index (κ3) is 4.04. The Labute approximate surface area is 166 Å². The molecular formula is C19H19ClN4O2S. The molecule has 1 fully saturated rings. The number of aromatic nitrogens is 3. The third-order valence-electron chi connectivity index (χ3n) is 4.43. The Bertz CT molecular complexity index is 964. The van der Waals surface area contributed by atoms with Crippen molar-refractivity contribution >= 4 is 28.8 Å². The zero-order valence-corrected chi connectivity index (χ0v) is 16.5. The molecule has 1 amide bonds. The van der Waals surface area contributed by atoms with Crippen molar-refractivity contribution < 1.29 is 9.32 Å². The predicted octanol–water partition coefficient (Wildman–Crippen LogP) is 4.85. The molecular weight excluding hydrogens is 384 g/mol. The van der Waals surface area contributed by atoms with Crippen molar-refractivity contribution in [3.63, 3.8) is 0 Å². The first-order valence-corrected chi connectivity index (χ1v) is 10.1. The van der Waals surface area contributed by atoms with Crippen LogP contribution in [0.4, 0.5) is 0 Å². The van der Waals surface area contributed by atoms with Crippen molar-refractivity contribution in [1.82, 2.24) is 20.4 Å². The maximum absolute atomic E-state index is 12.7. The largest absolute Gasteiger partial charge is 0.339 e. The summed E-state index contributed by atoms with van der Waals surface area (Å²) in [6.45, 7) is 4.01. The van der Waals surface area contributed by atoms with Crippen LogP contribution in [0, 0.1) is 5.92 Å². The van der Waals surface area contributed by atoms with E-state index >= 15 is 0 Å². The molecule has 6 nitrogen and oxygen atoms in total. The highest BCUT2D eigenvalue weighted by atomic mass is 35.5. The lowest BCUT2D eigenvalue weighted by Gasteiger charge is -2.17. The summed E-state index contributed by atoms with van der Waals surface area (Å²) in [5, 5.41) is 10.2. The van der Waals surface area contributed by atoms with Crippen molar-refractivity contribution in [2.45, 2.75) is 38.6 Å². The number of carbonyl (C=O) groups excluding carboxylic acids is 1. The fourth-order valence-corrected chi connectivity index (χ4v) is 3.73. The van der Waals surface area contributed by atoms with Crippen molar-refractivity contribution in [1.29, 1.82) is 0 Å². The molecule has 1 aliphatic carbocycles. The van der Waals surface area contributed by atoms with Gasteiger partial charge in [0.25, 0.3) is 5.91 Å². The average molecular weight is 403 g/mol. The van der Waals surface area contributed by atoms with Crippen LogP contribution in [0.15, 0.2) is 34.2 Å². The van der Waals surface area contributed by atoms with Gasteiger partial charge in [0, 0.05) is 21.9 Å². The second-order valence-electron chi connectivity index (χ2n) is 7.01. The Morgan fingerprint density at radius 1 is 1.33 bits per heavy atom. The summed E-state index contributed by atoms with van der Waals surface area (Å²) in [5.41, 5.74) is 1.25. The summed E-state index contributed by atoms with van der Waals surface area (Å²) in [4.78, 5) is 21.6. The highest BCUT2D eigenvalue weighted by Gasteiger charge is 2.32. The highest BCUT2D eigenvalue weighted by Crippen LogP contribution is 2.38. The van der Waals surface area contributed by atoms with Crippen LogP contribution in [0.2, 0.25) is 5.02 Å². The summed E-state index contributed by atoms with van der Waals surface area (Å²) >= 11 is 7.44. The summed E-state index contributed by atoms with van der Waals surface area (Å²) in [6.07, 6.45) is 2.20. The van der Waals surface area contributed by atoms with E-state index in [4.69, 9.17) is 16.1 Å². The Balaban J connectivity index is 1.51. The summed E-state index contributed by atoms with van der Waals surface area (Å²) < 4.78 is 5.41. The van der Waals surface area contributed by atoms with Crippen molar-refractivity contribution in [2.75, 3.05) is 0 Å². The second-order valence-corrected chi connectivity index (χ2v) is 8.30. The number of nitrogens with one attached hydrogen (secondary N) is 1. The number of hydrogen-bond acceptors (Lipinski definition) is 6. The minimum Gasteiger partial charge on any atom is -0.339 e. The van der Waals surface area contributed by atoms with Crippen molar-refractivity contribution in [2.24, 2.45) is 5.92 Å². The molecule has 2 aromatic heterocycles. The van der Waals surface area contributed by atoms with Gasteiger partial charge in [0.1, 0.15) is 16.7 Å². The molecule has 0 radical (unpaired) electrons. The fourth-order valence-electron chi connectivity index (χ4n) is 2.74. The van der Waals surface area contributed by atoms with E-state index in [0.29, 0.717) is 22.5 Å². The first-order chi connectivity index (χ1) is 13.0. The van der Waals surface area contributed by atoms with E-state index < -0.39 is 0 Å². The van der Waals surface area contributed by atoms with E-state index in [1.807, 2.05) is 32.0 Å². The number of halogens is 1. The molecule has 0 spiro atoms. The van der Waals surface area contributed by atoms with Crippen LogP contribution in [-0.2, 0) is 0 Å². The molecule has 0 saturated heterocycles. The Hall–Kier alpha value is -2.25. The zero-order chi connectivity index (χ0) is 19.0. The van der Waals surface area contributed by atoms with E-state index in [1.165, 1.54) is 11.3 Å². The van der Waals surface area contributed by atoms with Crippen LogP contribution in [0.25, 0.3) is 10.6 Å². The number of benzene rings is 1. The molecule has 1 saturated carbocycles. The molecule has 8 heteroatoms. The van der Waals surface area contributed by atoms with Gasteiger partial charge in [-0.05, 0) is 30.9 Å². The first kappa shape index (κ1) is 18.1. The van der Waals surface area contributed by atoms with Gasteiger partial charge in [-0.3, -0.25) is 4.79 Å². The van der Waals surface area contributed by atoms with E-state index in [2.05, 4.69) is 20.4 Å². The molecule has 1 aromatic carbocycles. The Kier molecular flexibility index (Phi) is 4.97. The van der Waals surface area contributed by atoms with Crippen LogP contribution in [0.5, 0.6) is 0 Å². The van der Waals surface area contributed by atoms with Gasteiger partial charge < -0.3 is 9.84 Å². The molecule has 1 aliphatic rings. The monoisotopic (exact) mass is 402 g/mol. The fraction of sp³-hybridized carbons (Fsp3) is 0.368. The lowest BCUT2D eigenvalue weighted by Crippen LogP contribution is -2.32. The third-order valence-corrected chi connectivity index (χ3v) is 5.55. The van der Waals surface area contributed by atoms with Crippen molar-refractivity contribution in [3.8, 4) is 10.6 Å². The maximum Gasteiger partial charge on any atom is 0.271 e. The Morgan fingerprint density at radius 3 is 2.85 bits per heavy atom. The minimum atomic E-state index is -0.353. The first-order valence-electron chi connectivity index (χ1n) is 8.87. The molecule has 1 N–H and O–H groups in total. The second kappa shape index (κ2) is 7.40. The van der Waals surface area contributed by atoms with E-state index in [9.17, 15) is 4.79 Å². The number of thiazole rings is 1. The highest BCUT2D eigenvalue weighted by molar-refractivity contribution is 7.13. The van der Waals surface area contributed by atoms with Crippen molar-refractivity contribution in [3.05, 3.63) is 52.1 Å². The van der Waals surface area contributed by atoms with Gasteiger partial charge in [0.15, 0.2) is 5.82 Å². The van der Waals surface area contributed by atoms with Crippen LogP contribution < -0.4 is 5.32 Å². The van der Waals surface area contributed by atoms with Gasteiger partial charge in [-0.15, -0.1) is 11.3 Å². The molecule has 27 heavy (non-hydrogen) atoms. The number of rotatable bonds is 6. The van der Waals surface area contributed by atoms with Gasteiger partial charge >= 0.3 is 0 Å². The molecule has 1 unspecified atom stereocenters. The van der Waals surface area contributed by atoms with Crippen LogP contribution >= 0.6 is 22.9 Å². The Morgan fingerprint density at radius 2 is 2.15 bits per heavy atom. The van der Waals surface area contributed by atoms with Gasteiger partial charge in [0.05, 0.1) is 0 Å². The SMILES string of the molecule is CC(C)C(NC(=O)c1csc(-c2cccc(Cl)c2)n1)c1nc(C2CC2)no1. The lowest BCUT2D eigenvalue weighted by molar-refractivity contribution is 0.0909. The maximum atomic E-state index is 12.7. The van der Waals surface area contributed by atoms with Crippen LogP contribution in [-0.4, -0.2) is 21.0 Å². The standard InChI is InChI=1S/C19H19ClN4O2S/c1-10(2)15(18-23-16(24-26-18)11-6-7-11)22-17(25)14-9-27-19(21-14)12-4-3-5-13(20)8-12/h3-5,8-11,15H,6-7H2,1-2H3,(H,22,25). The number of hydrogen-bond donors (Lipinski definition) is 1. The van der Waals surface area contributed by atoms with Gasteiger partial charge in [-0.25, -0.2) is 4.98 Å². The van der Waals surface area contributed by atoms with E-state index in [1.54, 1.807) is 11.4 Å². The van der Waals surface area contributed by atoms with Gasteiger partial charge in [-0.1, -0.05) is 42.7 Å². The van der Waals surface area contributed by atoms with Crippen LogP contribution in [0.3, 0.4) is 0 Å². The molecule has 0 bridgehead atoms. The topological polar surface area (TPSA) is 80.9 Å². The van der Waals surface area contributed by atoms with E-state index in [-0.39, 0.29) is 17.9 Å². The number of amides is 1. The van der Waals surface area contributed by atoms with E-state index in [0.717, 1.165) is 29.2 Å². The minimum absolute atomic E-state index is 0.104. The predicted molar refractivity (Wildman–Crippen MR) is 104 cm³/mol. The molecule has 1 atom stereocenters. The summed E-state index contributed by atoms with van der Waals surface area (Å²) in [5.74, 6) is 1.44. The molecule has 140 valence electrons. The van der Waals surface area contributed by atoms with Crippen LogP contribution in [0.1, 0.15) is 60.9 Å². The summed E-state index contributed by atoms with van der Waals surface area (Å²) in [7, 11) is 0. The summed E-state index contributed by atoms with van der Waals surface area (Å²) in [6, 6.07) is 7.06. The van der Waals surface area contributed by atoms with Gasteiger partial charge in [0.2, 0.25) is 5.89 Å². The normalized spacial score (nSPS) is 15.1. The average Bonchev–Trinajstić information content (AvgIpc) is 3.18. The number of carbonyl (C=O) groups is 1. The zero-order valence-electron chi connectivity index (χ0n) is 15.0. The molecule has 0 aliphatic heterocycles.